The molecule has 0 aromatic carbocycles. The summed E-state index contributed by atoms with van der Waals surface area (Å²) in [6, 6.07) is 1.19. The van der Waals surface area contributed by atoms with Gasteiger partial charge in [0.05, 0.1) is 12.2 Å². The molecule has 1 aromatic heterocycles. The quantitative estimate of drug-likeness (QED) is 0.616. The maximum absolute atomic E-state index is 12.6. The Morgan fingerprint density at radius 1 is 1.30 bits per heavy atom. The smallest absolute Gasteiger partial charge is 0.451 e. The molecule has 0 unspecified atom stereocenters. The monoisotopic (exact) mass is 294 g/mol. The molecule has 0 aliphatic carbocycles. The van der Waals surface area contributed by atoms with Crippen molar-refractivity contribution in [3.63, 3.8) is 0 Å². The number of alkyl halides is 3. The van der Waals surface area contributed by atoms with E-state index in [-0.39, 0.29) is 18.3 Å². The molecule has 9 heteroatoms. The standard InChI is InChI=1S/C11H17F3N4O2/c1-10(2,19-3)4-5-20-8-6-7(18-15)16-9(17-8)11(12,13)14/h6H,4-5,15H2,1-3H3,(H,16,17,18). The van der Waals surface area contributed by atoms with Crippen LogP contribution in [0.2, 0.25) is 0 Å². The van der Waals surface area contributed by atoms with E-state index in [0.29, 0.717) is 6.42 Å². The van der Waals surface area contributed by atoms with E-state index in [1.165, 1.54) is 6.07 Å². The fourth-order valence-corrected chi connectivity index (χ4v) is 1.20. The Labute approximate surface area is 114 Å². The van der Waals surface area contributed by atoms with Crippen LogP contribution in [0, 0.1) is 0 Å². The SMILES string of the molecule is COC(C)(C)CCOc1cc(NN)nc(C(F)(F)F)n1. The molecule has 0 aliphatic heterocycles. The zero-order chi connectivity index (χ0) is 15.4. The lowest BCUT2D eigenvalue weighted by Gasteiger charge is -2.22. The van der Waals surface area contributed by atoms with E-state index in [4.69, 9.17) is 15.3 Å². The summed E-state index contributed by atoms with van der Waals surface area (Å²) in [7, 11) is 1.54. The van der Waals surface area contributed by atoms with E-state index in [1.807, 2.05) is 19.3 Å². The van der Waals surface area contributed by atoms with Gasteiger partial charge in [0.25, 0.3) is 0 Å². The maximum Gasteiger partial charge on any atom is 0.451 e. The van der Waals surface area contributed by atoms with Gasteiger partial charge in [-0.25, -0.2) is 10.8 Å². The van der Waals surface area contributed by atoms with Gasteiger partial charge in [-0.2, -0.15) is 18.2 Å². The summed E-state index contributed by atoms with van der Waals surface area (Å²) in [6.07, 6.45) is -4.18. The van der Waals surface area contributed by atoms with Crippen molar-refractivity contribution in [1.29, 1.82) is 0 Å². The van der Waals surface area contributed by atoms with Crippen LogP contribution in [0.3, 0.4) is 0 Å². The molecule has 0 bridgehead atoms. The number of hydrogen-bond acceptors (Lipinski definition) is 6. The van der Waals surface area contributed by atoms with E-state index in [1.54, 1.807) is 7.11 Å². The number of hydrazine groups is 1. The number of nitrogens with zero attached hydrogens (tertiary/aromatic N) is 2. The van der Waals surface area contributed by atoms with Gasteiger partial charge in [0.1, 0.15) is 5.82 Å². The lowest BCUT2D eigenvalue weighted by atomic mass is 10.1. The van der Waals surface area contributed by atoms with E-state index in [0.717, 1.165) is 0 Å². The number of ether oxygens (including phenoxy) is 2. The first kappa shape index (κ1) is 16.4. The van der Waals surface area contributed by atoms with Gasteiger partial charge in [0, 0.05) is 19.6 Å². The van der Waals surface area contributed by atoms with Crippen molar-refractivity contribution < 1.29 is 22.6 Å². The maximum atomic E-state index is 12.6. The molecular formula is C11H17F3N4O2. The van der Waals surface area contributed by atoms with Gasteiger partial charge >= 0.3 is 6.18 Å². The first-order valence-corrected chi connectivity index (χ1v) is 5.79. The number of hydrogen-bond donors (Lipinski definition) is 2. The lowest BCUT2D eigenvalue weighted by Crippen LogP contribution is -2.25. The number of methoxy groups -OCH3 is 1. The molecule has 1 rings (SSSR count). The van der Waals surface area contributed by atoms with Crippen LogP contribution < -0.4 is 16.0 Å². The molecule has 20 heavy (non-hydrogen) atoms. The van der Waals surface area contributed by atoms with Crippen LogP contribution in [0.4, 0.5) is 19.0 Å². The Morgan fingerprint density at radius 2 is 1.95 bits per heavy atom. The molecule has 1 aromatic rings. The Bertz CT molecular complexity index is 452. The van der Waals surface area contributed by atoms with Crippen molar-refractivity contribution in [3.05, 3.63) is 11.9 Å². The van der Waals surface area contributed by atoms with Crippen molar-refractivity contribution in [2.45, 2.75) is 32.0 Å². The summed E-state index contributed by atoms with van der Waals surface area (Å²) in [4.78, 5) is 6.52. The predicted octanol–water partition coefficient (Wildman–Crippen LogP) is 1.97. The van der Waals surface area contributed by atoms with Crippen LogP contribution in [0.25, 0.3) is 0 Å². The Kier molecular flexibility index (Phi) is 5.12. The van der Waals surface area contributed by atoms with Gasteiger partial charge in [-0.1, -0.05) is 0 Å². The van der Waals surface area contributed by atoms with Crippen LogP contribution in [0.5, 0.6) is 5.88 Å². The van der Waals surface area contributed by atoms with Crippen molar-refractivity contribution in [2.75, 3.05) is 19.1 Å². The highest BCUT2D eigenvalue weighted by Crippen LogP contribution is 2.28. The fourth-order valence-electron chi connectivity index (χ4n) is 1.20. The average molecular weight is 294 g/mol. The molecule has 0 amide bonds. The van der Waals surface area contributed by atoms with Gasteiger partial charge in [-0.3, -0.25) is 0 Å². The number of nitrogens with one attached hydrogen (secondary N) is 1. The molecule has 0 spiro atoms. The largest absolute Gasteiger partial charge is 0.477 e. The third kappa shape index (κ3) is 4.82. The minimum atomic E-state index is -4.67. The highest BCUT2D eigenvalue weighted by Gasteiger charge is 2.35. The van der Waals surface area contributed by atoms with E-state index in [9.17, 15) is 13.2 Å². The van der Waals surface area contributed by atoms with Gasteiger partial charge in [-0.15, -0.1) is 0 Å². The van der Waals surface area contributed by atoms with E-state index in [2.05, 4.69) is 9.97 Å². The topological polar surface area (TPSA) is 82.3 Å². The van der Waals surface area contributed by atoms with Gasteiger partial charge in [0.15, 0.2) is 0 Å². The summed E-state index contributed by atoms with van der Waals surface area (Å²) in [5.74, 6) is 3.38. The molecule has 0 saturated heterocycles. The van der Waals surface area contributed by atoms with E-state index < -0.39 is 17.6 Å². The third-order valence-corrected chi connectivity index (χ3v) is 2.61. The highest BCUT2D eigenvalue weighted by molar-refractivity contribution is 5.37. The molecule has 0 saturated carbocycles. The van der Waals surface area contributed by atoms with Crippen LogP contribution in [-0.4, -0.2) is 29.3 Å². The predicted molar refractivity (Wildman–Crippen MR) is 66.0 cm³/mol. The lowest BCUT2D eigenvalue weighted by molar-refractivity contribution is -0.145. The molecule has 3 N–H and O–H groups in total. The van der Waals surface area contributed by atoms with Crippen LogP contribution in [-0.2, 0) is 10.9 Å². The summed E-state index contributed by atoms with van der Waals surface area (Å²) in [5, 5.41) is 0. The third-order valence-electron chi connectivity index (χ3n) is 2.61. The van der Waals surface area contributed by atoms with E-state index >= 15 is 0 Å². The molecule has 0 fully saturated rings. The zero-order valence-corrected chi connectivity index (χ0v) is 11.4. The number of rotatable bonds is 6. The first-order valence-electron chi connectivity index (χ1n) is 5.79. The molecule has 0 atom stereocenters. The number of aromatic nitrogens is 2. The van der Waals surface area contributed by atoms with Gasteiger partial charge < -0.3 is 14.9 Å². The molecule has 6 nitrogen and oxygen atoms in total. The number of anilines is 1. The Morgan fingerprint density at radius 3 is 2.45 bits per heavy atom. The second-order valence-electron chi connectivity index (χ2n) is 4.62. The highest BCUT2D eigenvalue weighted by atomic mass is 19.4. The molecule has 1 heterocycles. The second kappa shape index (κ2) is 6.23. The first-order chi connectivity index (χ1) is 9.18. The minimum Gasteiger partial charge on any atom is -0.477 e. The zero-order valence-electron chi connectivity index (χ0n) is 11.4. The van der Waals surface area contributed by atoms with Crippen LogP contribution in [0.1, 0.15) is 26.1 Å². The summed E-state index contributed by atoms with van der Waals surface area (Å²) < 4.78 is 48.1. The fraction of sp³-hybridized carbons (Fsp3) is 0.636. The summed E-state index contributed by atoms with van der Waals surface area (Å²) in [5.41, 5.74) is 1.61. The van der Waals surface area contributed by atoms with Gasteiger partial charge in [-0.05, 0) is 13.8 Å². The molecule has 0 aliphatic rings. The van der Waals surface area contributed by atoms with Gasteiger partial charge in [0.2, 0.25) is 11.7 Å². The number of halogens is 3. The van der Waals surface area contributed by atoms with Crippen LogP contribution in [0.15, 0.2) is 6.07 Å². The molecular weight excluding hydrogens is 277 g/mol. The average Bonchev–Trinajstić information content (AvgIpc) is 2.37. The Hall–Kier alpha value is -1.61. The van der Waals surface area contributed by atoms with Crippen LogP contribution >= 0.6 is 0 Å². The van der Waals surface area contributed by atoms with Crippen molar-refractivity contribution in [2.24, 2.45) is 5.84 Å². The van der Waals surface area contributed by atoms with Crippen molar-refractivity contribution in [3.8, 4) is 5.88 Å². The summed E-state index contributed by atoms with van der Waals surface area (Å²) in [6.45, 7) is 3.83. The van der Waals surface area contributed by atoms with Crippen molar-refractivity contribution in [1.82, 2.24) is 9.97 Å². The number of nitrogens with two attached hydrogens (primary N) is 1. The minimum absolute atomic E-state index is 0.152. The molecule has 0 radical (unpaired) electrons. The second-order valence-corrected chi connectivity index (χ2v) is 4.62. The normalized spacial score (nSPS) is 12.3. The molecule has 114 valence electrons. The van der Waals surface area contributed by atoms with Crippen molar-refractivity contribution >= 4 is 5.82 Å². The summed E-state index contributed by atoms with van der Waals surface area (Å²) >= 11 is 0. The Balaban J connectivity index is 2.80. The number of nitrogen functional groups attached to an aromatic ring is 1.